The van der Waals surface area contributed by atoms with E-state index >= 15 is 0 Å². The zero-order valence-corrected chi connectivity index (χ0v) is 9.76. The Morgan fingerprint density at radius 1 is 1.06 bits per heavy atom. The molecule has 4 aliphatic carbocycles. The van der Waals surface area contributed by atoms with Crippen LogP contribution < -0.4 is 0 Å². The Morgan fingerprint density at radius 3 is 2.18 bits per heavy atom. The molecule has 0 aliphatic heterocycles. The third kappa shape index (κ3) is 2.05. The highest BCUT2D eigenvalue weighted by molar-refractivity contribution is 5.72. The maximum absolute atomic E-state index is 11.5. The van der Waals surface area contributed by atoms with Crippen molar-refractivity contribution in [3.63, 3.8) is 0 Å². The van der Waals surface area contributed by atoms with Crippen LogP contribution in [0.1, 0.15) is 32.1 Å². The molecule has 0 saturated heterocycles. The van der Waals surface area contributed by atoms with Crippen LogP contribution in [0.15, 0.2) is 0 Å². The Balaban J connectivity index is 1.60. The Hall–Kier alpha value is -1.06. The van der Waals surface area contributed by atoms with Crippen LogP contribution in [-0.2, 0) is 19.1 Å². The van der Waals surface area contributed by atoms with Crippen LogP contribution in [0.2, 0.25) is 0 Å². The lowest BCUT2D eigenvalue weighted by Gasteiger charge is -2.53. The fourth-order valence-electron chi connectivity index (χ4n) is 4.34. The lowest BCUT2D eigenvalue weighted by atomic mass is 9.55. The number of rotatable bonds is 4. The molecule has 4 heteroatoms. The Morgan fingerprint density at radius 2 is 1.65 bits per heavy atom. The quantitative estimate of drug-likeness (QED) is 0.694. The zero-order chi connectivity index (χ0) is 11.8. The lowest BCUT2D eigenvalue weighted by Crippen LogP contribution is -2.50. The van der Waals surface area contributed by atoms with Crippen molar-refractivity contribution >= 4 is 12.4 Å². The third-order valence-electron chi connectivity index (χ3n) is 4.66. The highest BCUT2D eigenvalue weighted by Crippen LogP contribution is 2.54. The molecule has 0 heterocycles. The van der Waals surface area contributed by atoms with E-state index in [0.29, 0.717) is 11.8 Å². The molecule has 0 N–H and O–H groups in total. The fourth-order valence-corrected chi connectivity index (χ4v) is 4.34. The molecule has 0 aromatic rings. The van der Waals surface area contributed by atoms with Gasteiger partial charge in [-0.25, -0.2) is 9.59 Å². The summed E-state index contributed by atoms with van der Waals surface area (Å²) in [5.41, 5.74) is 0. The van der Waals surface area contributed by atoms with Gasteiger partial charge >= 0.3 is 12.4 Å². The zero-order valence-electron chi connectivity index (χ0n) is 9.76. The standard InChI is InChI=1S/C13H17O4/c14-7-16-6-12(15)17-13-10-2-8-1-9(4-10)5-11(13)3-8/h8-11,13H,1-6H2. The second kappa shape index (κ2) is 4.31. The van der Waals surface area contributed by atoms with E-state index in [-0.39, 0.29) is 12.7 Å². The van der Waals surface area contributed by atoms with Crippen molar-refractivity contribution in [3.8, 4) is 0 Å². The predicted molar refractivity (Wildman–Crippen MR) is 58.6 cm³/mol. The van der Waals surface area contributed by atoms with E-state index in [4.69, 9.17) is 4.74 Å². The molecule has 1 radical (unpaired) electrons. The van der Waals surface area contributed by atoms with Gasteiger partial charge in [-0.3, -0.25) is 0 Å². The van der Waals surface area contributed by atoms with Crippen molar-refractivity contribution in [3.05, 3.63) is 0 Å². The van der Waals surface area contributed by atoms with E-state index in [1.807, 2.05) is 0 Å². The van der Waals surface area contributed by atoms with Gasteiger partial charge in [-0.1, -0.05) is 0 Å². The SMILES string of the molecule is O=[C]OCC(=O)OC1C2CC3CC(C2)CC1C3. The van der Waals surface area contributed by atoms with E-state index in [0.717, 1.165) is 11.8 Å². The molecule has 0 amide bonds. The highest BCUT2D eigenvalue weighted by atomic mass is 16.6. The van der Waals surface area contributed by atoms with Gasteiger partial charge in [0, 0.05) is 0 Å². The molecule has 17 heavy (non-hydrogen) atoms. The average molecular weight is 237 g/mol. The summed E-state index contributed by atoms with van der Waals surface area (Å²) >= 11 is 0. The number of carbonyl (C=O) groups is 1. The van der Waals surface area contributed by atoms with Crippen LogP contribution in [0.4, 0.5) is 0 Å². The van der Waals surface area contributed by atoms with E-state index < -0.39 is 5.97 Å². The van der Waals surface area contributed by atoms with Gasteiger partial charge in [0.05, 0.1) is 0 Å². The topological polar surface area (TPSA) is 52.6 Å². The molecule has 4 nitrogen and oxygen atoms in total. The first kappa shape index (κ1) is 11.1. The van der Waals surface area contributed by atoms with Gasteiger partial charge in [0.15, 0.2) is 6.61 Å². The first-order valence-electron chi connectivity index (χ1n) is 6.44. The van der Waals surface area contributed by atoms with Crippen molar-refractivity contribution in [2.24, 2.45) is 23.7 Å². The molecule has 0 atom stereocenters. The molecular weight excluding hydrogens is 220 g/mol. The number of esters is 1. The summed E-state index contributed by atoms with van der Waals surface area (Å²) in [6.45, 7) is 0.950. The summed E-state index contributed by atoms with van der Waals surface area (Å²) in [7, 11) is 0. The lowest BCUT2D eigenvalue weighted by molar-refractivity contribution is -0.173. The van der Waals surface area contributed by atoms with Gasteiger partial charge in [0.1, 0.15) is 6.10 Å². The van der Waals surface area contributed by atoms with E-state index in [2.05, 4.69) is 4.74 Å². The molecule has 0 aromatic carbocycles. The third-order valence-corrected chi connectivity index (χ3v) is 4.66. The molecule has 0 spiro atoms. The molecular formula is C13H17O4. The minimum Gasteiger partial charge on any atom is -0.459 e. The summed E-state index contributed by atoms with van der Waals surface area (Å²) < 4.78 is 9.80. The van der Waals surface area contributed by atoms with Gasteiger partial charge in [-0.15, -0.1) is 0 Å². The molecule has 4 fully saturated rings. The summed E-state index contributed by atoms with van der Waals surface area (Å²) in [6, 6.07) is 0. The largest absolute Gasteiger partial charge is 0.459 e. The van der Waals surface area contributed by atoms with E-state index in [9.17, 15) is 9.59 Å². The summed E-state index contributed by atoms with van der Waals surface area (Å²) in [4.78, 5) is 21.4. The normalized spacial score (nSPS) is 42.2. The van der Waals surface area contributed by atoms with E-state index in [1.165, 1.54) is 38.6 Å². The number of hydrogen-bond acceptors (Lipinski definition) is 4. The molecule has 0 aromatic heterocycles. The molecule has 4 saturated carbocycles. The highest BCUT2D eigenvalue weighted by Gasteiger charge is 2.49. The Kier molecular flexibility index (Phi) is 2.81. The molecule has 4 bridgehead atoms. The number of ether oxygens (including phenoxy) is 2. The maximum Gasteiger partial charge on any atom is 0.418 e. The van der Waals surface area contributed by atoms with E-state index in [1.54, 1.807) is 0 Å². The van der Waals surface area contributed by atoms with Gasteiger partial charge in [-0.05, 0) is 55.8 Å². The van der Waals surface area contributed by atoms with Crippen molar-refractivity contribution in [1.82, 2.24) is 0 Å². The van der Waals surface area contributed by atoms with Crippen LogP contribution in [-0.4, -0.2) is 25.2 Å². The average Bonchev–Trinajstić information content (AvgIpc) is 2.30. The second-order valence-electron chi connectivity index (χ2n) is 5.76. The van der Waals surface area contributed by atoms with Gasteiger partial charge < -0.3 is 9.47 Å². The summed E-state index contributed by atoms with van der Waals surface area (Å²) in [6.07, 6.45) is 6.32. The minimum absolute atomic E-state index is 0.0746. The van der Waals surface area contributed by atoms with Crippen molar-refractivity contribution in [1.29, 1.82) is 0 Å². The second-order valence-corrected chi connectivity index (χ2v) is 5.76. The smallest absolute Gasteiger partial charge is 0.418 e. The number of hydrogen-bond donors (Lipinski definition) is 0. The Labute approximate surface area is 101 Å². The first-order chi connectivity index (χ1) is 8.26. The minimum atomic E-state index is -0.425. The van der Waals surface area contributed by atoms with Crippen molar-refractivity contribution < 1.29 is 19.1 Å². The molecule has 4 aliphatic rings. The monoisotopic (exact) mass is 237 g/mol. The molecule has 4 rings (SSSR count). The molecule has 0 unspecified atom stereocenters. The number of carbonyl (C=O) groups excluding carboxylic acids is 2. The first-order valence-corrected chi connectivity index (χ1v) is 6.44. The maximum atomic E-state index is 11.5. The van der Waals surface area contributed by atoms with Crippen LogP contribution in [0.25, 0.3) is 0 Å². The summed E-state index contributed by atoms with van der Waals surface area (Å²) in [5.74, 6) is 2.41. The Bertz CT molecular complexity index is 297. The van der Waals surface area contributed by atoms with Crippen LogP contribution in [0.5, 0.6) is 0 Å². The fraction of sp³-hybridized carbons (Fsp3) is 0.846. The van der Waals surface area contributed by atoms with Crippen LogP contribution in [0, 0.1) is 23.7 Å². The molecule has 93 valence electrons. The van der Waals surface area contributed by atoms with Crippen LogP contribution in [0.3, 0.4) is 0 Å². The summed E-state index contributed by atoms with van der Waals surface area (Å²) in [5, 5.41) is 0. The predicted octanol–water partition coefficient (Wildman–Crippen LogP) is 1.44. The van der Waals surface area contributed by atoms with Gasteiger partial charge in [0.25, 0.3) is 0 Å². The van der Waals surface area contributed by atoms with Crippen LogP contribution >= 0.6 is 0 Å². The van der Waals surface area contributed by atoms with Gasteiger partial charge in [-0.2, -0.15) is 0 Å². The van der Waals surface area contributed by atoms with Gasteiger partial charge in [0.2, 0.25) is 0 Å². The van der Waals surface area contributed by atoms with Crippen molar-refractivity contribution in [2.75, 3.05) is 6.61 Å². The van der Waals surface area contributed by atoms with Crippen molar-refractivity contribution in [2.45, 2.75) is 38.2 Å².